The van der Waals surface area contributed by atoms with Crippen LogP contribution in [0.4, 0.5) is 5.69 Å². The summed E-state index contributed by atoms with van der Waals surface area (Å²) in [7, 11) is 1.58. The zero-order valence-electron chi connectivity index (χ0n) is 15.2. The van der Waals surface area contributed by atoms with Gasteiger partial charge in [-0.25, -0.2) is 0 Å². The van der Waals surface area contributed by atoms with Crippen LogP contribution in [0.1, 0.15) is 15.9 Å². The van der Waals surface area contributed by atoms with E-state index < -0.39 is 0 Å². The van der Waals surface area contributed by atoms with Crippen molar-refractivity contribution in [1.29, 1.82) is 0 Å². The molecule has 140 valence electrons. The lowest BCUT2D eigenvalue weighted by Crippen LogP contribution is -2.11. The van der Waals surface area contributed by atoms with Crippen LogP contribution in [-0.2, 0) is 6.54 Å². The van der Waals surface area contributed by atoms with E-state index in [0.717, 1.165) is 11.1 Å². The molecule has 0 atom stereocenters. The summed E-state index contributed by atoms with van der Waals surface area (Å²) in [6, 6.07) is 22.3. The van der Waals surface area contributed by atoms with Gasteiger partial charge in [0, 0.05) is 11.3 Å². The number of carbonyl (C=O) groups is 1. The van der Waals surface area contributed by atoms with Crippen molar-refractivity contribution in [3.05, 3.63) is 93.5 Å². The fourth-order valence-electron chi connectivity index (χ4n) is 3.01. The number of amides is 1. The van der Waals surface area contributed by atoms with Crippen molar-refractivity contribution in [3.8, 4) is 5.75 Å². The third-order valence-corrected chi connectivity index (χ3v) is 5.39. The number of nitrogens with one attached hydrogen (secondary N) is 1. The number of fused-ring (bicyclic) bond motifs is 1. The Morgan fingerprint density at radius 1 is 1.04 bits per heavy atom. The molecule has 0 spiro atoms. The summed E-state index contributed by atoms with van der Waals surface area (Å²) in [5, 5.41) is 3.46. The smallest absolute Gasteiger partial charge is 0.257 e. The van der Waals surface area contributed by atoms with Crippen LogP contribution < -0.4 is 14.8 Å². The average molecular weight is 390 g/mol. The van der Waals surface area contributed by atoms with E-state index in [-0.39, 0.29) is 10.6 Å². The summed E-state index contributed by atoms with van der Waals surface area (Å²) in [4.78, 5) is 24.9. The highest BCUT2D eigenvalue weighted by Gasteiger charge is 2.11. The maximum atomic E-state index is 12.4. The monoisotopic (exact) mass is 390 g/mol. The van der Waals surface area contributed by atoms with E-state index in [2.05, 4.69) is 5.32 Å². The Balaban J connectivity index is 1.58. The van der Waals surface area contributed by atoms with Crippen molar-refractivity contribution < 1.29 is 9.53 Å². The van der Waals surface area contributed by atoms with Crippen molar-refractivity contribution in [2.75, 3.05) is 12.4 Å². The number of carbonyl (C=O) groups excluding carboxylic acids is 1. The summed E-state index contributed by atoms with van der Waals surface area (Å²) < 4.78 is 7.06. The van der Waals surface area contributed by atoms with Crippen LogP contribution in [0.15, 0.2) is 77.6 Å². The molecule has 0 fully saturated rings. The highest BCUT2D eigenvalue weighted by atomic mass is 32.1. The lowest BCUT2D eigenvalue weighted by molar-refractivity contribution is 0.102. The van der Waals surface area contributed by atoms with Gasteiger partial charge in [0.05, 0.1) is 24.6 Å². The van der Waals surface area contributed by atoms with Crippen molar-refractivity contribution in [1.82, 2.24) is 3.96 Å². The molecule has 0 saturated carbocycles. The molecular weight excluding hydrogens is 372 g/mol. The number of nitrogens with zero attached hydrogens (tertiary/aromatic N) is 1. The standard InChI is InChI=1S/C22H18N2O3S/c1-27-18-10-7-16(8-11-18)21(25)23-17-9-12-20-19(13-17)22(26)28-24(20)14-15-5-3-2-4-6-15/h2-13H,14H2,1H3,(H,23,25). The SMILES string of the molecule is COc1ccc(C(=O)Nc2ccc3c(c2)c(=O)sn3Cc2ccccc2)cc1. The normalized spacial score (nSPS) is 10.8. The van der Waals surface area contributed by atoms with Crippen LogP contribution in [0.25, 0.3) is 10.9 Å². The third-order valence-electron chi connectivity index (χ3n) is 4.46. The summed E-state index contributed by atoms with van der Waals surface area (Å²) in [6.45, 7) is 0.641. The number of methoxy groups -OCH3 is 1. The van der Waals surface area contributed by atoms with E-state index in [0.29, 0.717) is 28.9 Å². The van der Waals surface area contributed by atoms with E-state index >= 15 is 0 Å². The number of aromatic nitrogens is 1. The minimum absolute atomic E-state index is 0.0218. The molecule has 0 saturated heterocycles. The molecule has 0 unspecified atom stereocenters. The number of rotatable bonds is 5. The van der Waals surface area contributed by atoms with Crippen LogP contribution >= 0.6 is 11.5 Å². The van der Waals surface area contributed by atoms with Gasteiger partial charge in [0.15, 0.2) is 0 Å². The zero-order chi connectivity index (χ0) is 19.5. The molecule has 1 N–H and O–H groups in total. The highest BCUT2D eigenvalue weighted by Crippen LogP contribution is 2.21. The molecular formula is C22H18N2O3S. The molecule has 1 amide bonds. The molecule has 0 aliphatic rings. The number of hydrogen-bond acceptors (Lipinski definition) is 4. The van der Waals surface area contributed by atoms with Gasteiger partial charge in [-0.3, -0.25) is 13.5 Å². The minimum Gasteiger partial charge on any atom is -0.497 e. The Kier molecular flexibility index (Phi) is 4.95. The van der Waals surface area contributed by atoms with Gasteiger partial charge < -0.3 is 10.1 Å². The van der Waals surface area contributed by atoms with Gasteiger partial charge in [0.2, 0.25) is 0 Å². The lowest BCUT2D eigenvalue weighted by Gasteiger charge is -2.07. The molecule has 0 radical (unpaired) electrons. The van der Waals surface area contributed by atoms with Crippen LogP contribution in [0, 0.1) is 0 Å². The summed E-state index contributed by atoms with van der Waals surface area (Å²) in [5.41, 5.74) is 3.11. The van der Waals surface area contributed by atoms with Crippen LogP contribution in [0.2, 0.25) is 0 Å². The second-order valence-corrected chi connectivity index (χ2v) is 7.31. The molecule has 5 nitrogen and oxygen atoms in total. The van der Waals surface area contributed by atoms with E-state index in [9.17, 15) is 9.59 Å². The van der Waals surface area contributed by atoms with Gasteiger partial charge in [-0.2, -0.15) is 0 Å². The van der Waals surface area contributed by atoms with Crippen LogP contribution in [0.5, 0.6) is 5.75 Å². The van der Waals surface area contributed by atoms with Gasteiger partial charge in [0.1, 0.15) is 5.75 Å². The molecule has 4 rings (SSSR count). The first kappa shape index (κ1) is 18.0. The first-order valence-corrected chi connectivity index (χ1v) is 9.54. The second-order valence-electron chi connectivity index (χ2n) is 6.32. The van der Waals surface area contributed by atoms with Gasteiger partial charge in [-0.15, -0.1) is 0 Å². The van der Waals surface area contributed by atoms with Crippen LogP contribution in [-0.4, -0.2) is 17.0 Å². The first-order valence-electron chi connectivity index (χ1n) is 8.77. The Morgan fingerprint density at radius 2 is 1.79 bits per heavy atom. The molecule has 0 aliphatic heterocycles. The topological polar surface area (TPSA) is 60.3 Å². The van der Waals surface area contributed by atoms with Crippen molar-refractivity contribution >= 4 is 34.0 Å². The average Bonchev–Trinajstić information content (AvgIpc) is 3.03. The highest BCUT2D eigenvalue weighted by molar-refractivity contribution is 7.05. The van der Waals surface area contributed by atoms with Crippen molar-refractivity contribution in [3.63, 3.8) is 0 Å². The maximum Gasteiger partial charge on any atom is 0.257 e. The van der Waals surface area contributed by atoms with Crippen molar-refractivity contribution in [2.24, 2.45) is 0 Å². The Bertz CT molecular complexity index is 1180. The van der Waals surface area contributed by atoms with E-state index in [4.69, 9.17) is 4.74 Å². The van der Waals surface area contributed by atoms with Gasteiger partial charge in [0.25, 0.3) is 10.6 Å². The number of benzene rings is 3. The molecule has 1 heterocycles. The first-order chi connectivity index (χ1) is 13.6. The van der Waals surface area contributed by atoms with E-state index in [1.807, 2.05) is 46.4 Å². The van der Waals surface area contributed by atoms with Gasteiger partial charge in [-0.05, 0) is 59.6 Å². The molecule has 1 aromatic heterocycles. The van der Waals surface area contributed by atoms with E-state index in [1.165, 1.54) is 11.5 Å². The predicted molar refractivity (Wildman–Crippen MR) is 113 cm³/mol. The second kappa shape index (κ2) is 7.70. The quantitative estimate of drug-likeness (QED) is 0.550. The number of anilines is 1. The fourth-order valence-corrected chi connectivity index (χ4v) is 3.94. The maximum absolute atomic E-state index is 12.4. The van der Waals surface area contributed by atoms with Gasteiger partial charge >= 0.3 is 0 Å². The molecule has 28 heavy (non-hydrogen) atoms. The summed E-state index contributed by atoms with van der Waals surface area (Å²) in [5.74, 6) is 0.456. The molecule has 4 aromatic rings. The molecule has 3 aromatic carbocycles. The minimum atomic E-state index is -0.234. The van der Waals surface area contributed by atoms with Crippen molar-refractivity contribution in [2.45, 2.75) is 6.54 Å². The molecule has 6 heteroatoms. The predicted octanol–water partition coefficient (Wildman–Crippen LogP) is 4.37. The third kappa shape index (κ3) is 3.68. The summed E-state index contributed by atoms with van der Waals surface area (Å²) in [6.07, 6.45) is 0. The fraction of sp³-hybridized carbons (Fsp3) is 0.0909. The van der Waals surface area contributed by atoms with Crippen LogP contribution in [0.3, 0.4) is 0 Å². The van der Waals surface area contributed by atoms with Gasteiger partial charge in [-0.1, -0.05) is 30.3 Å². The van der Waals surface area contributed by atoms with E-state index in [1.54, 1.807) is 37.4 Å². The molecule has 0 aliphatic carbocycles. The summed E-state index contributed by atoms with van der Waals surface area (Å²) >= 11 is 1.19. The zero-order valence-corrected chi connectivity index (χ0v) is 16.0. The number of ether oxygens (including phenoxy) is 1. The Morgan fingerprint density at radius 3 is 2.50 bits per heavy atom. The lowest BCUT2D eigenvalue weighted by atomic mass is 10.2. The number of hydrogen-bond donors (Lipinski definition) is 1. The Labute approximate surface area is 166 Å². The largest absolute Gasteiger partial charge is 0.497 e. The Hall–Kier alpha value is -3.38. The molecule has 0 bridgehead atoms.